The lowest BCUT2D eigenvalue weighted by molar-refractivity contribution is -0.136. The number of ether oxygens (including phenoxy) is 1. The standard InChI is InChI=1S/C16H18N2O6/c1-9-10(15(21)22)4-3-5-12(9)17-13-11(16(23)24-2)8-18(6-7-19)14(13)20/h3-5,17,19H,6-8H2,1-2H3,(H,21,22). The monoisotopic (exact) mass is 334 g/mol. The number of anilines is 1. The molecule has 1 aliphatic heterocycles. The van der Waals surface area contributed by atoms with Crippen LogP contribution < -0.4 is 5.32 Å². The molecule has 0 radical (unpaired) electrons. The fraction of sp³-hybridized carbons (Fsp3) is 0.312. The number of aliphatic hydroxyl groups excluding tert-OH is 1. The highest BCUT2D eigenvalue weighted by atomic mass is 16.5. The first kappa shape index (κ1) is 17.5. The number of amides is 1. The molecule has 3 N–H and O–H groups in total. The molecule has 1 aliphatic rings. The Bertz CT molecular complexity index is 725. The number of hydrogen-bond donors (Lipinski definition) is 3. The van der Waals surface area contributed by atoms with Crippen molar-refractivity contribution >= 4 is 23.5 Å². The van der Waals surface area contributed by atoms with Gasteiger partial charge in [0, 0.05) is 12.2 Å². The van der Waals surface area contributed by atoms with Crippen molar-refractivity contribution in [2.75, 3.05) is 32.1 Å². The van der Waals surface area contributed by atoms with E-state index in [0.29, 0.717) is 11.3 Å². The van der Waals surface area contributed by atoms with Crippen LogP contribution in [0.1, 0.15) is 15.9 Å². The van der Waals surface area contributed by atoms with Gasteiger partial charge in [-0.1, -0.05) is 6.07 Å². The quantitative estimate of drug-likeness (QED) is 0.643. The van der Waals surface area contributed by atoms with E-state index in [4.69, 9.17) is 9.84 Å². The third kappa shape index (κ3) is 3.23. The number of benzene rings is 1. The Hall–Kier alpha value is -2.87. The van der Waals surface area contributed by atoms with Crippen molar-refractivity contribution in [3.63, 3.8) is 0 Å². The highest BCUT2D eigenvalue weighted by Gasteiger charge is 2.34. The Morgan fingerprint density at radius 3 is 2.67 bits per heavy atom. The highest BCUT2D eigenvalue weighted by Crippen LogP contribution is 2.26. The van der Waals surface area contributed by atoms with E-state index in [1.54, 1.807) is 19.1 Å². The van der Waals surface area contributed by atoms with Crippen LogP contribution in [0.25, 0.3) is 0 Å². The van der Waals surface area contributed by atoms with Crippen molar-refractivity contribution in [2.24, 2.45) is 0 Å². The lowest BCUT2D eigenvalue weighted by Gasteiger charge is -2.16. The van der Waals surface area contributed by atoms with Crippen LogP contribution in [0, 0.1) is 6.92 Å². The van der Waals surface area contributed by atoms with Gasteiger partial charge < -0.3 is 25.2 Å². The second-order valence-electron chi connectivity index (χ2n) is 5.20. The van der Waals surface area contributed by atoms with E-state index in [2.05, 4.69) is 5.32 Å². The summed E-state index contributed by atoms with van der Waals surface area (Å²) in [4.78, 5) is 36.9. The summed E-state index contributed by atoms with van der Waals surface area (Å²) in [5.74, 6) is -2.19. The van der Waals surface area contributed by atoms with Crippen molar-refractivity contribution in [2.45, 2.75) is 6.92 Å². The van der Waals surface area contributed by atoms with E-state index in [-0.39, 0.29) is 36.5 Å². The minimum Gasteiger partial charge on any atom is -0.478 e. The molecular weight excluding hydrogens is 316 g/mol. The van der Waals surface area contributed by atoms with Gasteiger partial charge in [-0.2, -0.15) is 0 Å². The largest absolute Gasteiger partial charge is 0.478 e. The van der Waals surface area contributed by atoms with Crippen LogP contribution in [-0.4, -0.2) is 59.8 Å². The maximum Gasteiger partial charge on any atom is 0.337 e. The number of aliphatic hydroxyl groups is 1. The molecule has 0 aliphatic carbocycles. The number of aromatic carboxylic acids is 1. The molecule has 1 aromatic rings. The molecule has 0 aromatic heterocycles. The van der Waals surface area contributed by atoms with E-state index >= 15 is 0 Å². The third-order valence-corrected chi connectivity index (χ3v) is 3.78. The van der Waals surface area contributed by atoms with E-state index < -0.39 is 17.8 Å². The molecule has 0 fully saturated rings. The predicted molar refractivity (Wildman–Crippen MR) is 84.5 cm³/mol. The zero-order valence-corrected chi connectivity index (χ0v) is 13.3. The summed E-state index contributed by atoms with van der Waals surface area (Å²) < 4.78 is 4.70. The molecule has 0 saturated carbocycles. The first-order valence-corrected chi connectivity index (χ1v) is 7.22. The summed E-state index contributed by atoms with van der Waals surface area (Å²) in [6.45, 7) is 1.47. The molecule has 1 amide bonds. The smallest absolute Gasteiger partial charge is 0.337 e. The number of hydrogen-bond acceptors (Lipinski definition) is 6. The number of nitrogens with zero attached hydrogens (tertiary/aromatic N) is 1. The molecule has 0 spiro atoms. The topological polar surface area (TPSA) is 116 Å². The highest BCUT2D eigenvalue weighted by molar-refractivity contribution is 6.08. The minimum atomic E-state index is -1.09. The number of carbonyl (C=O) groups excluding carboxylic acids is 2. The Morgan fingerprint density at radius 2 is 2.08 bits per heavy atom. The van der Waals surface area contributed by atoms with E-state index in [1.807, 2.05) is 0 Å². The second kappa shape index (κ2) is 7.14. The van der Waals surface area contributed by atoms with Crippen LogP contribution in [0.5, 0.6) is 0 Å². The van der Waals surface area contributed by atoms with Gasteiger partial charge >= 0.3 is 11.9 Å². The number of carboxylic acids is 1. The van der Waals surface area contributed by atoms with Gasteiger partial charge in [0.15, 0.2) is 0 Å². The van der Waals surface area contributed by atoms with Crippen LogP contribution in [0.4, 0.5) is 5.69 Å². The van der Waals surface area contributed by atoms with Crippen LogP contribution in [0.3, 0.4) is 0 Å². The number of esters is 1. The molecule has 24 heavy (non-hydrogen) atoms. The molecule has 8 nitrogen and oxygen atoms in total. The molecule has 1 heterocycles. The normalized spacial score (nSPS) is 14.1. The number of carboxylic acid groups (broad SMARTS) is 1. The zero-order chi connectivity index (χ0) is 17.9. The lowest BCUT2D eigenvalue weighted by Crippen LogP contribution is -2.31. The van der Waals surface area contributed by atoms with Crippen molar-refractivity contribution in [1.82, 2.24) is 4.90 Å². The fourth-order valence-corrected chi connectivity index (χ4v) is 2.49. The number of carbonyl (C=O) groups is 3. The van der Waals surface area contributed by atoms with E-state index in [0.717, 1.165) is 0 Å². The maximum absolute atomic E-state index is 12.4. The van der Waals surface area contributed by atoms with Crippen molar-refractivity contribution in [1.29, 1.82) is 0 Å². The maximum atomic E-state index is 12.4. The summed E-state index contributed by atoms with van der Waals surface area (Å²) in [5.41, 5.74) is 1.11. The Balaban J connectivity index is 2.41. The molecule has 1 aromatic carbocycles. The predicted octanol–water partition coefficient (Wildman–Crippen LogP) is 0.367. The Kier molecular flexibility index (Phi) is 5.20. The summed E-state index contributed by atoms with van der Waals surface area (Å²) in [7, 11) is 1.21. The summed E-state index contributed by atoms with van der Waals surface area (Å²) in [6.07, 6.45) is 0. The third-order valence-electron chi connectivity index (χ3n) is 3.78. The molecule has 0 saturated heterocycles. The van der Waals surface area contributed by atoms with Crippen molar-refractivity contribution in [3.05, 3.63) is 40.6 Å². The lowest BCUT2D eigenvalue weighted by atomic mass is 10.1. The Labute approximate surface area is 138 Å². The van der Waals surface area contributed by atoms with Gasteiger partial charge in [-0.05, 0) is 24.6 Å². The van der Waals surface area contributed by atoms with Gasteiger partial charge in [-0.15, -0.1) is 0 Å². The molecule has 0 bridgehead atoms. The molecule has 2 rings (SSSR count). The number of methoxy groups -OCH3 is 1. The van der Waals surface area contributed by atoms with Crippen LogP contribution in [0.2, 0.25) is 0 Å². The van der Waals surface area contributed by atoms with Crippen molar-refractivity contribution in [3.8, 4) is 0 Å². The van der Waals surface area contributed by atoms with Crippen LogP contribution in [-0.2, 0) is 14.3 Å². The number of β-amino-alcohol motifs (C(OH)–C–C–N with tert-alkyl or cyclic N) is 1. The molecule has 8 heteroatoms. The SMILES string of the molecule is COC(=O)C1=C(Nc2cccc(C(=O)O)c2C)C(=O)N(CCO)C1. The van der Waals surface area contributed by atoms with E-state index in [1.165, 1.54) is 18.1 Å². The zero-order valence-electron chi connectivity index (χ0n) is 13.3. The fourth-order valence-electron chi connectivity index (χ4n) is 2.49. The summed E-state index contributed by atoms with van der Waals surface area (Å²) >= 11 is 0. The Morgan fingerprint density at radius 1 is 1.38 bits per heavy atom. The number of nitrogens with one attached hydrogen (secondary N) is 1. The van der Waals surface area contributed by atoms with Gasteiger partial charge in [0.2, 0.25) is 0 Å². The molecule has 0 atom stereocenters. The van der Waals surface area contributed by atoms with Gasteiger partial charge in [-0.3, -0.25) is 4.79 Å². The van der Waals surface area contributed by atoms with Gasteiger partial charge in [0.1, 0.15) is 5.70 Å². The van der Waals surface area contributed by atoms with Gasteiger partial charge in [0.05, 0.1) is 31.4 Å². The molecule has 0 unspecified atom stereocenters. The van der Waals surface area contributed by atoms with Gasteiger partial charge in [-0.25, -0.2) is 9.59 Å². The molecule has 128 valence electrons. The first-order chi connectivity index (χ1) is 11.4. The average molecular weight is 334 g/mol. The average Bonchev–Trinajstić information content (AvgIpc) is 2.85. The van der Waals surface area contributed by atoms with Crippen LogP contribution in [0.15, 0.2) is 29.5 Å². The summed E-state index contributed by atoms with van der Waals surface area (Å²) in [6, 6.07) is 4.61. The van der Waals surface area contributed by atoms with Crippen LogP contribution >= 0.6 is 0 Å². The summed E-state index contributed by atoms with van der Waals surface area (Å²) in [5, 5.41) is 21.1. The van der Waals surface area contributed by atoms with Crippen molar-refractivity contribution < 1.29 is 29.3 Å². The van der Waals surface area contributed by atoms with Gasteiger partial charge in [0.25, 0.3) is 5.91 Å². The van der Waals surface area contributed by atoms with E-state index in [9.17, 15) is 19.5 Å². The minimum absolute atomic E-state index is 0.0199. The first-order valence-electron chi connectivity index (χ1n) is 7.22. The second-order valence-corrected chi connectivity index (χ2v) is 5.20. The number of rotatable bonds is 6. The molecular formula is C16H18N2O6.